The summed E-state index contributed by atoms with van der Waals surface area (Å²) in [6, 6.07) is 6.42. The molecular weight excluding hydrogens is 332 g/mol. The molecule has 1 saturated carbocycles. The number of nitrogens with zero attached hydrogens (tertiary/aromatic N) is 1. The van der Waals surface area contributed by atoms with Crippen LogP contribution in [0.5, 0.6) is 0 Å². The van der Waals surface area contributed by atoms with Crippen molar-refractivity contribution in [3.05, 3.63) is 28.9 Å². The van der Waals surface area contributed by atoms with Gasteiger partial charge < -0.3 is 10.1 Å². The second-order valence-corrected chi connectivity index (χ2v) is 7.39. The fraction of sp³-hybridized carbons (Fsp3) is 0.438. The van der Waals surface area contributed by atoms with Crippen molar-refractivity contribution in [3.63, 3.8) is 0 Å². The normalized spacial score (nSPS) is 15.2. The summed E-state index contributed by atoms with van der Waals surface area (Å²) in [5.41, 5.74) is 1.34. The van der Waals surface area contributed by atoms with Crippen LogP contribution in [0.2, 0.25) is 0 Å². The number of halogens is 1. The first-order valence-electron chi connectivity index (χ1n) is 7.14. The summed E-state index contributed by atoms with van der Waals surface area (Å²) in [4.78, 5) is 12.4. The predicted molar refractivity (Wildman–Crippen MR) is 87.9 cm³/mol. The molecule has 1 fully saturated rings. The van der Waals surface area contributed by atoms with Crippen LogP contribution in [0.3, 0.4) is 0 Å². The molecular formula is C16H19BrN2O2. The Kier molecular flexibility index (Phi) is 3.48. The molecule has 0 unspecified atom stereocenters. The van der Waals surface area contributed by atoms with Gasteiger partial charge >= 0.3 is 6.09 Å². The Balaban J connectivity index is 2.03. The van der Waals surface area contributed by atoms with Gasteiger partial charge in [0.05, 0.1) is 11.2 Å². The van der Waals surface area contributed by atoms with Crippen molar-refractivity contribution in [3.8, 4) is 0 Å². The van der Waals surface area contributed by atoms with Crippen molar-refractivity contribution in [2.45, 2.75) is 45.3 Å². The van der Waals surface area contributed by atoms with Crippen LogP contribution >= 0.6 is 15.9 Å². The Bertz CT molecular complexity index is 696. The third-order valence-corrected chi connectivity index (χ3v) is 3.79. The summed E-state index contributed by atoms with van der Waals surface area (Å²) in [6.45, 7) is 5.61. The number of anilines is 1. The maximum atomic E-state index is 12.4. The van der Waals surface area contributed by atoms with E-state index in [1.54, 1.807) is 4.57 Å². The average Bonchev–Trinajstić information content (AvgIpc) is 3.09. The first-order valence-corrected chi connectivity index (χ1v) is 7.93. The minimum Gasteiger partial charge on any atom is -0.443 e. The highest BCUT2D eigenvalue weighted by atomic mass is 79.9. The standard InChI is InChI=1S/C16H19BrN2O2/c1-16(2,3)21-15(20)19-9-13(18-11-5-6-11)12-8-10(17)4-7-14(12)19/h4,7-9,11,18H,5-6H2,1-3H3. The topological polar surface area (TPSA) is 43.3 Å². The highest BCUT2D eigenvalue weighted by molar-refractivity contribution is 9.10. The van der Waals surface area contributed by atoms with E-state index in [-0.39, 0.29) is 6.09 Å². The van der Waals surface area contributed by atoms with E-state index in [4.69, 9.17) is 4.74 Å². The second kappa shape index (κ2) is 5.05. The molecule has 0 saturated heterocycles. The van der Waals surface area contributed by atoms with E-state index < -0.39 is 5.60 Å². The Morgan fingerprint density at radius 1 is 1.38 bits per heavy atom. The molecule has 0 amide bonds. The number of hydrogen-bond donors (Lipinski definition) is 1. The lowest BCUT2D eigenvalue weighted by Gasteiger charge is -2.19. The molecule has 3 rings (SSSR count). The van der Waals surface area contributed by atoms with Gasteiger partial charge in [0.2, 0.25) is 0 Å². The van der Waals surface area contributed by atoms with Gasteiger partial charge in [0.25, 0.3) is 0 Å². The molecule has 1 heterocycles. The van der Waals surface area contributed by atoms with Gasteiger partial charge in [-0.2, -0.15) is 0 Å². The molecule has 1 aromatic heterocycles. The van der Waals surface area contributed by atoms with Crippen LogP contribution < -0.4 is 5.32 Å². The van der Waals surface area contributed by atoms with Crippen molar-refractivity contribution in [1.29, 1.82) is 0 Å². The van der Waals surface area contributed by atoms with Crippen molar-refractivity contribution < 1.29 is 9.53 Å². The molecule has 0 aliphatic heterocycles. The smallest absolute Gasteiger partial charge is 0.419 e. The Morgan fingerprint density at radius 3 is 2.71 bits per heavy atom. The lowest BCUT2D eigenvalue weighted by atomic mass is 10.2. The molecule has 5 heteroatoms. The maximum Gasteiger partial charge on any atom is 0.419 e. The van der Waals surface area contributed by atoms with E-state index in [0.29, 0.717) is 6.04 Å². The number of hydrogen-bond acceptors (Lipinski definition) is 3. The first kappa shape index (κ1) is 14.4. The molecule has 21 heavy (non-hydrogen) atoms. The van der Waals surface area contributed by atoms with Gasteiger partial charge in [0.15, 0.2) is 0 Å². The van der Waals surface area contributed by atoms with Gasteiger partial charge in [-0.25, -0.2) is 4.79 Å². The molecule has 112 valence electrons. The Morgan fingerprint density at radius 2 is 2.10 bits per heavy atom. The summed E-state index contributed by atoms with van der Waals surface area (Å²) in [5, 5.41) is 4.50. The van der Waals surface area contributed by atoms with E-state index in [1.165, 1.54) is 12.8 Å². The van der Waals surface area contributed by atoms with E-state index in [9.17, 15) is 4.79 Å². The molecule has 0 spiro atoms. The van der Waals surface area contributed by atoms with Gasteiger partial charge in [-0.05, 0) is 51.8 Å². The minimum absolute atomic E-state index is 0.348. The summed E-state index contributed by atoms with van der Waals surface area (Å²) in [6.07, 6.45) is 3.86. The highest BCUT2D eigenvalue weighted by Gasteiger charge is 2.25. The molecule has 1 aromatic carbocycles. The number of carbonyl (C=O) groups excluding carboxylic acids is 1. The summed E-state index contributed by atoms with van der Waals surface area (Å²) in [5.74, 6) is 0. The SMILES string of the molecule is CC(C)(C)OC(=O)n1cc(NC2CC2)c2cc(Br)ccc21. The number of nitrogens with one attached hydrogen (secondary N) is 1. The zero-order chi connectivity index (χ0) is 15.2. The molecule has 1 N–H and O–H groups in total. The average molecular weight is 351 g/mol. The largest absolute Gasteiger partial charge is 0.443 e. The number of aromatic nitrogens is 1. The van der Waals surface area contributed by atoms with Crippen LogP contribution in [0.15, 0.2) is 28.9 Å². The quantitative estimate of drug-likeness (QED) is 0.848. The molecule has 0 radical (unpaired) electrons. The van der Waals surface area contributed by atoms with Crippen LogP contribution in [0, 0.1) is 0 Å². The fourth-order valence-corrected chi connectivity index (χ4v) is 2.59. The summed E-state index contributed by atoms with van der Waals surface area (Å²) >= 11 is 3.49. The zero-order valence-electron chi connectivity index (χ0n) is 12.4. The van der Waals surface area contributed by atoms with Gasteiger partial charge in [-0.15, -0.1) is 0 Å². The van der Waals surface area contributed by atoms with E-state index in [2.05, 4.69) is 21.2 Å². The molecule has 2 aromatic rings. The van der Waals surface area contributed by atoms with Crippen LogP contribution in [0.4, 0.5) is 10.5 Å². The second-order valence-electron chi connectivity index (χ2n) is 6.47. The summed E-state index contributed by atoms with van der Waals surface area (Å²) < 4.78 is 8.06. The van der Waals surface area contributed by atoms with Crippen LogP contribution in [-0.4, -0.2) is 22.3 Å². The lowest BCUT2D eigenvalue weighted by Crippen LogP contribution is -2.26. The van der Waals surface area contributed by atoms with Crippen LogP contribution in [0.1, 0.15) is 33.6 Å². The molecule has 1 aliphatic rings. The van der Waals surface area contributed by atoms with Crippen LogP contribution in [0.25, 0.3) is 10.9 Å². The van der Waals surface area contributed by atoms with Gasteiger partial charge in [-0.1, -0.05) is 15.9 Å². The third kappa shape index (κ3) is 3.23. The van der Waals surface area contributed by atoms with Crippen molar-refractivity contribution in [2.24, 2.45) is 0 Å². The number of benzene rings is 1. The Hall–Kier alpha value is -1.49. The third-order valence-electron chi connectivity index (χ3n) is 3.29. The van der Waals surface area contributed by atoms with Crippen molar-refractivity contribution in [1.82, 2.24) is 4.57 Å². The number of rotatable bonds is 2. The highest BCUT2D eigenvalue weighted by Crippen LogP contribution is 2.33. The van der Waals surface area contributed by atoms with Gasteiger partial charge in [0.1, 0.15) is 5.60 Å². The molecule has 0 atom stereocenters. The molecule has 1 aliphatic carbocycles. The van der Waals surface area contributed by atoms with Crippen LogP contribution in [-0.2, 0) is 4.74 Å². The van der Waals surface area contributed by atoms with E-state index in [1.807, 2.05) is 45.2 Å². The maximum absolute atomic E-state index is 12.4. The Labute approximate surface area is 132 Å². The van der Waals surface area contributed by atoms with E-state index >= 15 is 0 Å². The van der Waals surface area contributed by atoms with Gasteiger partial charge in [-0.3, -0.25) is 4.57 Å². The van der Waals surface area contributed by atoms with E-state index in [0.717, 1.165) is 21.1 Å². The predicted octanol–water partition coefficient (Wildman–Crippen LogP) is 4.76. The summed E-state index contributed by atoms with van der Waals surface area (Å²) in [7, 11) is 0. The van der Waals surface area contributed by atoms with Crippen molar-refractivity contribution >= 4 is 38.6 Å². The lowest BCUT2D eigenvalue weighted by molar-refractivity contribution is 0.0544. The molecule has 0 bridgehead atoms. The van der Waals surface area contributed by atoms with Gasteiger partial charge in [0, 0.05) is 22.1 Å². The molecule has 4 nitrogen and oxygen atoms in total. The fourth-order valence-electron chi connectivity index (χ4n) is 2.23. The minimum atomic E-state index is -0.507. The number of fused-ring (bicyclic) bond motifs is 1. The number of ether oxygens (including phenoxy) is 1. The zero-order valence-corrected chi connectivity index (χ0v) is 14.0. The monoisotopic (exact) mass is 350 g/mol. The first-order chi connectivity index (χ1) is 9.83. The van der Waals surface area contributed by atoms with Crippen molar-refractivity contribution in [2.75, 3.05) is 5.32 Å². The number of carbonyl (C=O) groups is 1.